The second kappa shape index (κ2) is 8.53. The summed E-state index contributed by atoms with van der Waals surface area (Å²) in [5.41, 5.74) is 0.684. The van der Waals surface area contributed by atoms with Crippen LogP contribution in [0.25, 0.3) is 0 Å². The molecule has 1 aliphatic carbocycles. The smallest absolute Gasteiger partial charge is 0.341 e. The molecule has 6 heteroatoms. The van der Waals surface area contributed by atoms with Crippen molar-refractivity contribution in [3.05, 3.63) is 35.9 Å². The average Bonchev–Trinajstić information content (AvgIpc) is 2.59. The largest absolute Gasteiger partial charge is 0.354 e. The van der Waals surface area contributed by atoms with Crippen molar-refractivity contribution < 1.29 is 14.8 Å². The first kappa shape index (κ1) is 17.3. The number of nitrogens with zero attached hydrogens (tertiary/aromatic N) is 1. The van der Waals surface area contributed by atoms with Gasteiger partial charge in [-0.1, -0.05) is 49.6 Å². The van der Waals surface area contributed by atoms with E-state index in [1.165, 1.54) is 26.3 Å². The molecule has 3 amide bonds. The standard InChI is InChI=1S/C17H25N3O3/c1-20(23)17(22)19-15(14-10-6-3-7-11-14)16(21)18-12-13-8-4-2-5-9-13/h3,6-7,10-11,13,15,23H,2,4-5,8-9,12H2,1H3,(H,18,21)(H,19,22)/t15-/m1/s1. The Kier molecular flexibility index (Phi) is 6.40. The molecule has 0 spiro atoms. The van der Waals surface area contributed by atoms with Gasteiger partial charge in [-0.3, -0.25) is 10.0 Å². The maximum absolute atomic E-state index is 12.5. The molecule has 1 aliphatic rings. The number of rotatable bonds is 5. The molecule has 0 aromatic heterocycles. The van der Waals surface area contributed by atoms with Gasteiger partial charge in [-0.05, 0) is 24.3 Å². The molecule has 0 radical (unpaired) electrons. The number of hydroxylamine groups is 2. The van der Waals surface area contributed by atoms with Gasteiger partial charge in [0.05, 0.1) is 0 Å². The van der Waals surface area contributed by atoms with Gasteiger partial charge in [-0.2, -0.15) is 0 Å². The third kappa shape index (κ3) is 5.25. The minimum Gasteiger partial charge on any atom is -0.354 e. The van der Waals surface area contributed by atoms with Crippen LogP contribution in [-0.4, -0.2) is 35.8 Å². The van der Waals surface area contributed by atoms with Crippen LogP contribution in [0.1, 0.15) is 43.7 Å². The Morgan fingerprint density at radius 2 is 1.87 bits per heavy atom. The van der Waals surface area contributed by atoms with Crippen LogP contribution in [-0.2, 0) is 4.79 Å². The van der Waals surface area contributed by atoms with Crippen LogP contribution in [0, 0.1) is 5.92 Å². The number of hydrogen-bond donors (Lipinski definition) is 3. The molecule has 0 aliphatic heterocycles. The lowest BCUT2D eigenvalue weighted by Crippen LogP contribution is -2.45. The molecular weight excluding hydrogens is 294 g/mol. The zero-order chi connectivity index (χ0) is 16.7. The zero-order valence-electron chi connectivity index (χ0n) is 13.5. The molecule has 1 aromatic rings. The van der Waals surface area contributed by atoms with Crippen molar-refractivity contribution in [2.24, 2.45) is 5.92 Å². The molecule has 1 fully saturated rings. The Morgan fingerprint density at radius 1 is 1.22 bits per heavy atom. The summed E-state index contributed by atoms with van der Waals surface area (Å²) in [5.74, 6) is 0.261. The molecule has 23 heavy (non-hydrogen) atoms. The van der Waals surface area contributed by atoms with Crippen molar-refractivity contribution in [3.8, 4) is 0 Å². The van der Waals surface area contributed by atoms with Crippen LogP contribution < -0.4 is 10.6 Å². The number of hydrogen-bond acceptors (Lipinski definition) is 3. The maximum atomic E-state index is 12.5. The van der Waals surface area contributed by atoms with Crippen LogP contribution >= 0.6 is 0 Å². The molecular formula is C17H25N3O3. The Bertz CT molecular complexity index is 513. The van der Waals surface area contributed by atoms with Crippen molar-refractivity contribution in [3.63, 3.8) is 0 Å². The number of carbonyl (C=O) groups is 2. The molecule has 1 saturated carbocycles. The predicted molar refractivity (Wildman–Crippen MR) is 86.8 cm³/mol. The lowest BCUT2D eigenvalue weighted by Gasteiger charge is -2.24. The molecule has 6 nitrogen and oxygen atoms in total. The second-order valence-corrected chi connectivity index (χ2v) is 6.07. The van der Waals surface area contributed by atoms with Gasteiger partial charge in [0.1, 0.15) is 6.04 Å². The number of urea groups is 1. The van der Waals surface area contributed by atoms with E-state index < -0.39 is 12.1 Å². The highest BCUT2D eigenvalue weighted by molar-refractivity contribution is 5.87. The van der Waals surface area contributed by atoms with E-state index in [0.29, 0.717) is 23.1 Å². The van der Waals surface area contributed by atoms with Gasteiger partial charge in [-0.15, -0.1) is 0 Å². The van der Waals surface area contributed by atoms with E-state index in [1.54, 1.807) is 12.1 Å². The summed E-state index contributed by atoms with van der Waals surface area (Å²) in [4.78, 5) is 24.2. The van der Waals surface area contributed by atoms with Gasteiger partial charge in [0.15, 0.2) is 0 Å². The van der Waals surface area contributed by atoms with E-state index in [0.717, 1.165) is 12.8 Å². The SMILES string of the molecule is CN(O)C(=O)N[C@@H](C(=O)NCC1CCCCC1)c1ccccc1. The van der Waals surface area contributed by atoms with Gasteiger partial charge in [0.25, 0.3) is 0 Å². The Morgan fingerprint density at radius 3 is 2.48 bits per heavy atom. The Balaban J connectivity index is 2.00. The van der Waals surface area contributed by atoms with E-state index in [4.69, 9.17) is 0 Å². The minimum absolute atomic E-state index is 0.253. The van der Waals surface area contributed by atoms with E-state index in [2.05, 4.69) is 10.6 Å². The number of nitrogens with one attached hydrogen (secondary N) is 2. The van der Waals surface area contributed by atoms with Crippen LogP contribution in [0.4, 0.5) is 4.79 Å². The van der Waals surface area contributed by atoms with Crippen LogP contribution in [0.3, 0.4) is 0 Å². The third-order valence-corrected chi connectivity index (χ3v) is 4.25. The highest BCUT2D eigenvalue weighted by Crippen LogP contribution is 2.23. The van der Waals surface area contributed by atoms with Gasteiger partial charge >= 0.3 is 6.03 Å². The molecule has 0 unspecified atom stereocenters. The van der Waals surface area contributed by atoms with Gasteiger partial charge in [0.2, 0.25) is 5.91 Å². The molecule has 0 heterocycles. The molecule has 0 saturated heterocycles. The van der Waals surface area contributed by atoms with Crippen molar-refractivity contribution >= 4 is 11.9 Å². The average molecular weight is 319 g/mol. The van der Waals surface area contributed by atoms with Crippen molar-refractivity contribution in [2.75, 3.05) is 13.6 Å². The van der Waals surface area contributed by atoms with Crippen molar-refractivity contribution in [1.29, 1.82) is 0 Å². The van der Waals surface area contributed by atoms with E-state index in [-0.39, 0.29) is 5.91 Å². The van der Waals surface area contributed by atoms with Crippen molar-refractivity contribution in [1.82, 2.24) is 15.7 Å². The fourth-order valence-electron chi connectivity index (χ4n) is 2.90. The predicted octanol–water partition coefficient (Wildman–Crippen LogP) is 2.45. The summed E-state index contributed by atoms with van der Waals surface area (Å²) in [5, 5.41) is 15.1. The monoisotopic (exact) mass is 319 g/mol. The molecule has 3 N–H and O–H groups in total. The van der Waals surface area contributed by atoms with E-state index in [1.807, 2.05) is 18.2 Å². The zero-order valence-corrected chi connectivity index (χ0v) is 13.5. The summed E-state index contributed by atoms with van der Waals surface area (Å²) in [6.07, 6.45) is 5.99. The second-order valence-electron chi connectivity index (χ2n) is 6.07. The van der Waals surface area contributed by atoms with E-state index in [9.17, 15) is 14.8 Å². The molecule has 0 bridgehead atoms. The first-order valence-electron chi connectivity index (χ1n) is 8.13. The molecule has 2 rings (SSSR count). The summed E-state index contributed by atoms with van der Waals surface area (Å²) >= 11 is 0. The summed E-state index contributed by atoms with van der Waals surface area (Å²) in [6, 6.07) is 7.50. The summed E-state index contributed by atoms with van der Waals surface area (Å²) < 4.78 is 0. The lowest BCUT2D eigenvalue weighted by molar-refractivity contribution is -0.123. The highest BCUT2D eigenvalue weighted by atomic mass is 16.5. The van der Waals surface area contributed by atoms with Crippen LogP contribution in [0.2, 0.25) is 0 Å². The van der Waals surface area contributed by atoms with Gasteiger partial charge in [-0.25, -0.2) is 9.86 Å². The quantitative estimate of drug-likeness (QED) is 0.576. The fourth-order valence-corrected chi connectivity index (χ4v) is 2.90. The normalized spacial score (nSPS) is 16.4. The van der Waals surface area contributed by atoms with Crippen molar-refractivity contribution in [2.45, 2.75) is 38.1 Å². The first-order valence-corrected chi connectivity index (χ1v) is 8.13. The Labute approximate surface area is 136 Å². The minimum atomic E-state index is -0.818. The molecule has 1 aromatic carbocycles. The molecule has 1 atom stereocenters. The number of carbonyl (C=O) groups excluding carboxylic acids is 2. The lowest BCUT2D eigenvalue weighted by atomic mass is 9.89. The molecule has 126 valence electrons. The number of amides is 3. The fraction of sp³-hybridized carbons (Fsp3) is 0.529. The topological polar surface area (TPSA) is 81.7 Å². The van der Waals surface area contributed by atoms with Crippen LogP contribution in [0.15, 0.2) is 30.3 Å². The number of benzene rings is 1. The van der Waals surface area contributed by atoms with Gasteiger partial charge in [0, 0.05) is 13.6 Å². The Hall–Kier alpha value is -2.08. The maximum Gasteiger partial charge on any atom is 0.341 e. The van der Waals surface area contributed by atoms with Gasteiger partial charge < -0.3 is 10.6 Å². The van der Waals surface area contributed by atoms with Crippen LogP contribution in [0.5, 0.6) is 0 Å². The summed E-state index contributed by atoms with van der Waals surface area (Å²) in [7, 11) is 1.22. The first-order chi connectivity index (χ1) is 11.1. The summed E-state index contributed by atoms with van der Waals surface area (Å²) in [6.45, 7) is 0.632. The highest BCUT2D eigenvalue weighted by Gasteiger charge is 2.24. The van der Waals surface area contributed by atoms with E-state index >= 15 is 0 Å². The third-order valence-electron chi connectivity index (χ3n) is 4.25.